The largest absolute Gasteiger partial charge is 1.00 e. The predicted octanol–water partition coefficient (Wildman–Crippen LogP) is 5.67. The predicted molar refractivity (Wildman–Crippen MR) is 284 cm³/mol. The van der Waals surface area contributed by atoms with Crippen LogP contribution in [0.25, 0.3) is 0 Å². The van der Waals surface area contributed by atoms with E-state index in [1.807, 2.05) is 30.3 Å². The molecule has 8 heterocycles. The fourth-order valence-corrected chi connectivity index (χ4v) is 7.90. The van der Waals surface area contributed by atoms with E-state index in [0.29, 0.717) is 30.1 Å². The molecule has 0 atom stereocenters. The van der Waals surface area contributed by atoms with Gasteiger partial charge in [-0.3, -0.25) is 15.0 Å². The van der Waals surface area contributed by atoms with Crippen molar-refractivity contribution in [3.8, 4) is 11.8 Å². The summed E-state index contributed by atoms with van der Waals surface area (Å²) in [6.45, 7) is 14.1. The SMILES string of the molecule is CC(C)(C)[O-].Clc1nsnc1Cl.Clc1nsnc1OCc1ccncc1.OCc1ccncc1.[K+].c1ccc(N2CCN(c3nsnc3OCc3ccncc3)CC2)cc1.c1ccc(N2CCNCC2)cc1. The summed E-state index contributed by atoms with van der Waals surface area (Å²) in [6.07, 6.45) is 10.3. The molecule has 2 fully saturated rings. The van der Waals surface area contributed by atoms with E-state index in [-0.39, 0.29) is 68.3 Å². The van der Waals surface area contributed by atoms with Gasteiger partial charge in [0.25, 0.3) is 11.8 Å². The van der Waals surface area contributed by atoms with Gasteiger partial charge in [0.05, 0.1) is 41.8 Å². The second kappa shape index (κ2) is 34.4. The molecule has 17 nitrogen and oxygen atoms in total. The molecule has 2 aliphatic heterocycles. The van der Waals surface area contributed by atoms with E-state index >= 15 is 0 Å². The van der Waals surface area contributed by atoms with E-state index in [2.05, 4.69) is 116 Å². The van der Waals surface area contributed by atoms with Crippen LogP contribution in [0.1, 0.15) is 37.5 Å². The third kappa shape index (κ3) is 23.9. The Morgan fingerprint density at radius 3 is 1.31 bits per heavy atom. The number of halogens is 3. The molecule has 24 heteroatoms. The number of hydrogen-bond donors (Lipinski definition) is 2. The fraction of sp³-hybridized carbons (Fsp3) is 0.312. The van der Waals surface area contributed by atoms with Crippen molar-refractivity contribution >= 4 is 87.2 Å². The first kappa shape index (κ1) is 60.5. The number of nitrogens with zero attached hydrogens (tertiary/aromatic N) is 12. The first-order valence-corrected chi connectivity index (χ1v) is 25.5. The number of benzene rings is 2. The molecule has 2 aromatic carbocycles. The summed E-state index contributed by atoms with van der Waals surface area (Å²) < 4.78 is 34.8. The van der Waals surface area contributed by atoms with Crippen molar-refractivity contribution in [1.29, 1.82) is 0 Å². The van der Waals surface area contributed by atoms with Crippen LogP contribution in [0.4, 0.5) is 17.2 Å². The molecule has 10 rings (SSSR count). The van der Waals surface area contributed by atoms with Crippen molar-refractivity contribution in [2.45, 2.75) is 46.2 Å². The fourth-order valence-electron chi connectivity index (χ4n) is 6.01. The van der Waals surface area contributed by atoms with Crippen molar-refractivity contribution < 1.29 is 71.1 Å². The Morgan fingerprint density at radius 1 is 0.528 bits per heavy atom. The van der Waals surface area contributed by atoms with Crippen LogP contribution in [0.5, 0.6) is 11.8 Å². The average Bonchev–Trinajstić information content (AvgIpc) is 4.17. The van der Waals surface area contributed by atoms with Gasteiger partial charge >= 0.3 is 51.4 Å². The number of ether oxygens (including phenoxy) is 2. The molecular formula is C48H55Cl3KN13O4S3. The standard InChI is InChI=1S/C18H19N5OS.C10H14N2.C8H6ClN3OS.C6H7NO.C4H9O.C2Cl2N2S.K/c1-2-4-16(5-3-1)22-10-12-23(13-11-22)17-18(21-25-20-17)24-14-15-6-8-19-9-7-15;1-2-4-10(5-3-1)12-8-6-11-7-9-12;9-7-8(12-14-11-7)13-5-6-1-3-10-4-2-6;8-5-6-1-3-7-4-2-6;1-4(2,3)5;3-1-2(4)6-7-5-1;/h1-9H,10-14H2;1-5,11H,6-9H2;1-4H,5H2;1-4,8H,5H2;1-3H3;;/q;;;;-1;;+1. The topological polar surface area (TPSA) is 200 Å². The minimum atomic E-state index is -0.750. The van der Waals surface area contributed by atoms with Crippen molar-refractivity contribution in [1.82, 2.24) is 46.5 Å². The normalized spacial score (nSPS) is 12.8. The Balaban J connectivity index is 0.000000205. The summed E-state index contributed by atoms with van der Waals surface area (Å²) in [5.41, 5.74) is 4.86. The van der Waals surface area contributed by atoms with Crippen LogP contribution in [0.3, 0.4) is 0 Å². The van der Waals surface area contributed by atoms with Crippen LogP contribution in [0.15, 0.2) is 134 Å². The number of pyridine rings is 3. The molecular weight excluding hydrogens is 1060 g/mol. The zero-order valence-electron chi connectivity index (χ0n) is 40.4. The summed E-state index contributed by atoms with van der Waals surface area (Å²) in [7, 11) is 0. The number of aromatic nitrogens is 9. The summed E-state index contributed by atoms with van der Waals surface area (Å²) in [6, 6.07) is 32.3. The summed E-state index contributed by atoms with van der Waals surface area (Å²) >= 11 is 19.6. The van der Waals surface area contributed by atoms with Gasteiger partial charge in [0.2, 0.25) is 11.0 Å². The molecule has 0 amide bonds. The quantitative estimate of drug-likeness (QED) is 0.159. The molecule has 376 valence electrons. The van der Waals surface area contributed by atoms with E-state index in [0.717, 1.165) is 98.3 Å². The number of rotatable bonds is 10. The van der Waals surface area contributed by atoms with Crippen molar-refractivity contribution in [2.75, 3.05) is 67.1 Å². The van der Waals surface area contributed by atoms with Crippen LogP contribution in [-0.2, 0) is 19.8 Å². The van der Waals surface area contributed by atoms with Gasteiger partial charge in [-0.25, -0.2) is 0 Å². The minimum absolute atomic E-state index is 0. The molecule has 0 unspecified atom stereocenters. The van der Waals surface area contributed by atoms with Gasteiger partial charge in [0.15, 0.2) is 10.3 Å². The Hall–Kier alpha value is -4.04. The van der Waals surface area contributed by atoms with E-state index in [1.165, 1.54) is 23.1 Å². The molecule has 0 radical (unpaired) electrons. The van der Waals surface area contributed by atoms with Gasteiger partial charge in [-0.15, -0.1) is 14.3 Å². The van der Waals surface area contributed by atoms with Crippen LogP contribution >= 0.6 is 70.0 Å². The maximum atomic E-state index is 10.1. The van der Waals surface area contributed by atoms with Gasteiger partial charge in [-0.2, -0.15) is 17.5 Å². The maximum Gasteiger partial charge on any atom is 1.00 e. The zero-order valence-corrected chi connectivity index (χ0v) is 48.2. The molecule has 0 saturated carbocycles. The second-order valence-corrected chi connectivity index (χ2v) is 18.6. The van der Waals surface area contributed by atoms with Gasteiger partial charge < -0.3 is 39.7 Å². The first-order valence-electron chi connectivity index (χ1n) is 22.2. The number of aliphatic hydroxyl groups excluding tert-OH is 1. The third-order valence-electron chi connectivity index (χ3n) is 9.40. The smallest absolute Gasteiger partial charge is 0.850 e. The van der Waals surface area contributed by atoms with E-state index in [9.17, 15) is 5.11 Å². The zero-order chi connectivity index (χ0) is 50.5. The molecule has 0 aliphatic carbocycles. The number of anilines is 3. The van der Waals surface area contributed by atoms with E-state index < -0.39 is 5.60 Å². The van der Waals surface area contributed by atoms with Crippen LogP contribution < -0.4 is 86.0 Å². The maximum absolute atomic E-state index is 10.1. The van der Waals surface area contributed by atoms with Crippen molar-refractivity contribution in [2.24, 2.45) is 0 Å². The van der Waals surface area contributed by atoms with Crippen molar-refractivity contribution in [3.05, 3.63) is 166 Å². The van der Waals surface area contributed by atoms with Gasteiger partial charge in [0.1, 0.15) is 13.2 Å². The number of piperazine rings is 2. The molecule has 2 N–H and O–H groups in total. The van der Waals surface area contributed by atoms with Gasteiger partial charge in [-0.1, -0.05) is 92.0 Å². The Labute approximate surface area is 491 Å². The first-order chi connectivity index (χ1) is 34.5. The monoisotopic (exact) mass is 1120 g/mol. The van der Waals surface area contributed by atoms with E-state index in [4.69, 9.17) is 49.4 Å². The number of aliphatic hydroxyl groups is 1. The molecule has 8 aromatic rings. The molecule has 72 heavy (non-hydrogen) atoms. The Morgan fingerprint density at radius 2 is 0.903 bits per heavy atom. The number of para-hydroxylation sites is 2. The molecule has 0 bridgehead atoms. The minimum Gasteiger partial charge on any atom is -0.850 e. The number of nitrogens with one attached hydrogen (secondary N) is 1. The molecule has 2 aliphatic rings. The van der Waals surface area contributed by atoms with Crippen LogP contribution in [0, 0.1) is 0 Å². The van der Waals surface area contributed by atoms with Crippen LogP contribution in [-0.4, -0.2) is 104 Å². The molecule has 0 spiro atoms. The summed E-state index contributed by atoms with van der Waals surface area (Å²) in [5, 5.41) is 22.8. The summed E-state index contributed by atoms with van der Waals surface area (Å²) in [5.74, 6) is 1.86. The summed E-state index contributed by atoms with van der Waals surface area (Å²) in [4.78, 5) is 18.8. The molecule has 2 saturated heterocycles. The van der Waals surface area contributed by atoms with Gasteiger partial charge in [0, 0.05) is 101 Å². The van der Waals surface area contributed by atoms with E-state index in [1.54, 1.807) is 70.1 Å². The third-order valence-corrected chi connectivity index (χ3v) is 12.1. The Kier molecular flexibility index (Phi) is 28.9. The average molecular weight is 1120 g/mol. The number of hydrogen-bond acceptors (Lipinski definition) is 20. The second-order valence-electron chi connectivity index (χ2n) is 15.9. The van der Waals surface area contributed by atoms with Crippen LogP contribution in [0.2, 0.25) is 15.5 Å². The Bertz CT molecular complexity index is 2580. The van der Waals surface area contributed by atoms with Gasteiger partial charge in [-0.05, 0) is 77.4 Å². The van der Waals surface area contributed by atoms with Crippen molar-refractivity contribution in [3.63, 3.8) is 0 Å². The molecule has 6 aromatic heterocycles.